The van der Waals surface area contributed by atoms with Crippen LogP contribution in [0, 0.1) is 11.2 Å². The van der Waals surface area contributed by atoms with E-state index in [2.05, 4.69) is 29.5 Å². The van der Waals surface area contributed by atoms with E-state index in [1.54, 1.807) is 33.5 Å². The number of nitrogens with one attached hydrogen (secondary N) is 3. The first-order chi connectivity index (χ1) is 22.1. The number of para-hydroxylation sites is 2. The molecule has 4 aromatic rings. The van der Waals surface area contributed by atoms with E-state index >= 15 is 0 Å². The Kier molecular flexibility index (Phi) is 8.37. The number of anilines is 2. The van der Waals surface area contributed by atoms with Crippen LogP contribution in [0.3, 0.4) is 0 Å². The summed E-state index contributed by atoms with van der Waals surface area (Å²) in [5.74, 6) is 0.944. The van der Waals surface area contributed by atoms with Gasteiger partial charge >= 0.3 is 0 Å². The number of H-pyrrole nitrogens is 1. The molecule has 6 rings (SSSR count). The van der Waals surface area contributed by atoms with Gasteiger partial charge in [-0.15, -0.1) is 0 Å². The van der Waals surface area contributed by atoms with Crippen LogP contribution in [-0.2, 0) is 16.0 Å². The molecule has 0 radical (unpaired) electrons. The third kappa shape index (κ3) is 5.87. The summed E-state index contributed by atoms with van der Waals surface area (Å²) in [6.07, 6.45) is 3.38. The van der Waals surface area contributed by atoms with E-state index in [0.29, 0.717) is 54.2 Å². The molecule has 2 heterocycles. The van der Waals surface area contributed by atoms with E-state index in [9.17, 15) is 14.0 Å². The van der Waals surface area contributed by atoms with Gasteiger partial charge in [-0.2, -0.15) is 0 Å². The Morgan fingerprint density at radius 2 is 1.74 bits per heavy atom. The van der Waals surface area contributed by atoms with Crippen LogP contribution in [-0.4, -0.2) is 51.1 Å². The van der Waals surface area contributed by atoms with Crippen LogP contribution in [0.1, 0.15) is 43.9 Å². The molecule has 240 valence electrons. The summed E-state index contributed by atoms with van der Waals surface area (Å²) >= 11 is 0. The monoisotopic (exact) mass is 626 g/mol. The van der Waals surface area contributed by atoms with Gasteiger partial charge in [0.15, 0.2) is 17.3 Å². The molecule has 2 aliphatic rings. The Morgan fingerprint density at radius 1 is 1.00 bits per heavy atom. The van der Waals surface area contributed by atoms with Crippen LogP contribution in [0.15, 0.2) is 72.1 Å². The van der Waals surface area contributed by atoms with E-state index in [-0.39, 0.29) is 29.5 Å². The summed E-state index contributed by atoms with van der Waals surface area (Å²) in [7, 11) is 4.69. The maximum absolute atomic E-state index is 14.1. The number of benzene rings is 3. The number of fused-ring (bicyclic) bond motifs is 2. The van der Waals surface area contributed by atoms with Crippen molar-refractivity contribution in [2.45, 2.75) is 39.2 Å². The lowest BCUT2D eigenvalue weighted by Gasteiger charge is -2.38. The zero-order valence-electron chi connectivity index (χ0n) is 26.8. The average molecular weight is 627 g/mol. The maximum atomic E-state index is 14.1. The van der Waals surface area contributed by atoms with Crippen molar-refractivity contribution in [3.8, 4) is 17.2 Å². The van der Waals surface area contributed by atoms with Crippen molar-refractivity contribution in [2.24, 2.45) is 5.41 Å². The van der Waals surface area contributed by atoms with Gasteiger partial charge in [0.25, 0.3) is 0 Å². The Hall–Kier alpha value is -4.99. The molecule has 1 aliphatic carbocycles. The van der Waals surface area contributed by atoms with Crippen molar-refractivity contribution in [1.82, 2.24) is 10.3 Å². The van der Waals surface area contributed by atoms with Crippen LogP contribution < -0.4 is 29.7 Å². The number of halogens is 1. The molecule has 0 bridgehead atoms. The molecule has 3 aromatic carbocycles. The van der Waals surface area contributed by atoms with Crippen LogP contribution in [0.5, 0.6) is 17.2 Å². The smallest absolute Gasteiger partial charge is 0.239 e. The van der Waals surface area contributed by atoms with Gasteiger partial charge in [0.1, 0.15) is 11.6 Å². The number of aromatic amines is 1. The number of allylic oxidation sites excluding steroid dienone is 1. The molecule has 0 fully saturated rings. The molecule has 1 atom stereocenters. The van der Waals surface area contributed by atoms with Crippen molar-refractivity contribution in [3.63, 3.8) is 0 Å². The Balaban J connectivity index is 1.40. The summed E-state index contributed by atoms with van der Waals surface area (Å²) in [6, 6.07) is 15.3. The topological polar surface area (TPSA) is 105 Å². The summed E-state index contributed by atoms with van der Waals surface area (Å²) in [5, 5.41) is 7.42. The lowest BCUT2D eigenvalue weighted by Crippen LogP contribution is -2.42. The zero-order chi connectivity index (χ0) is 32.6. The first kappa shape index (κ1) is 31.0. The fourth-order valence-electron chi connectivity index (χ4n) is 6.72. The predicted molar refractivity (Wildman–Crippen MR) is 176 cm³/mol. The molecule has 10 heteroatoms. The van der Waals surface area contributed by atoms with Crippen molar-refractivity contribution >= 4 is 34.0 Å². The SMILES string of the molecule is COc1cc(OC)c(C2C3=C(CC(C)(C)CC3=O)Nc3ccccc3N2CC(=O)NCCc2c[nH]c3ccc(F)cc23)cc1OC. The number of amides is 1. The van der Waals surface area contributed by atoms with Crippen molar-refractivity contribution < 1.29 is 28.2 Å². The number of carbonyl (C=O) groups excluding carboxylic acids is 2. The number of aromatic nitrogens is 1. The second-order valence-electron chi connectivity index (χ2n) is 12.6. The minimum absolute atomic E-state index is 0.00497. The van der Waals surface area contributed by atoms with Gasteiger partial charge in [0.05, 0.1) is 45.3 Å². The van der Waals surface area contributed by atoms with Crippen LogP contribution >= 0.6 is 0 Å². The van der Waals surface area contributed by atoms with Gasteiger partial charge in [-0.1, -0.05) is 26.0 Å². The standard InChI is InChI=1S/C36H39FN4O5/c1-36(2)17-27-34(29(42)18-36)35(24-15-31(45-4)32(46-5)16-30(24)44-3)41(28-9-7-6-8-26(28)40-27)20-33(43)38-13-12-21-19-39-25-11-10-22(37)14-23(21)25/h6-11,14-16,19,35,39-40H,12-13,17-18,20H2,1-5H3,(H,38,43). The Bertz CT molecular complexity index is 1850. The van der Waals surface area contributed by atoms with Crippen LogP contribution in [0.2, 0.25) is 0 Å². The average Bonchev–Trinajstić information content (AvgIpc) is 3.36. The molecule has 46 heavy (non-hydrogen) atoms. The normalized spacial score (nSPS) is 17.1. The molecular formula is C36H39FN4O5. The van der Waals surface area contributed by atoms with Gasteiger partial charge in [-0.05, 0) is 60.2 Å². The summed E-state index contributed by atoms with van der Waals surface area (Å²) in [6.45, 7) is 4.48. The van der Waals surface area contributed by atoms with Gasteiger partial charge in [0.2, 0.25) is 5.91 Å². The summed E-state index contributed by atoms with van der Waals surface area (Å²) in [4.78, 5) is 33.0. The number of rotatable bonds is 9. The third-order valence-corrected chi connectivity index (χ3v) is 8.79. The highest BCUT2D eigenvalue weighted by Gasteiger charge is 2.43. The number of hydrogen-bond donors (Lipinski definition) is 3. The molecular weight excluding hydrogens is 587 g/mol. The van der Waals surface area contributed by atoms with Gasteiger partial charge in [-0.25, -0.2) is 4.39 Å². The van der Waals surface area contributed by atoms with Gasteiger partial charge in [0, 0.05) is 53.0 Å². The van der Waals surface area contributed by atoms with Crippen molar-refractivity contribution in [1.29, 1.82) is 0 Å². The van der Waals surface area contributed by atoms with Gasteiger partial charge < -0.3 is 34.7 Å². The van der Waals surface area contributed by atoms with Crippen molar-refractivity contribution in [3.05, 3.63) is 89.0 Å². The molecule has 3 N–H and O–H groups in total. The van der Waals surface area contributed by atoms with Crippen LogP contribution in [0.25, 0.3) is 10.9 Å². The second kappa shape index (κ2) is 12.4. The van der Waals surface area contributed by atoms with E-state index in [1.165, 1.54) is 12.1 Å². The zero-order valence-corrected chi connectivity index (χ0v) is 26.8. The van der Waals surface area contributed by atoms with E-state index in [0.717, 1.165) is 33.5 Å². The molecule has 1 amide bonds. The fourth-order valence-corrected chi connectivity index (χ4v) is 6.72. The minimum atomic E-state index is -0.674. The number of ketones is 1. The largest absolute Gasteiger partial charge is 0.496 e. The Morgan fingerprint density at radius 3 is 2.50 bits per heavy atom. The quantitative estimate of drug-likeness (QED) is 0.200. The van der Waals surface area contributed by atoms with E-state index in [1.807, 2.05) is 41.4 Å². The number of carbonyl (C=O) groups is 2. The molecule has 0 spiro atoms. The number of nitrogens with zero attached hydrogens (tertiary/aromatic N) is 1. The molecule has 0 saturated heterocycles. The summed E-state index contributed by atoms with van der Waals surface area (Å²) < 4.78 is 31.0. The second-order valence-corrected chi connectivity index (χ2v) is 12.6. The number of ether oxygens (including phenoxy) is 3. The lowest BCUT2D eigenvalue weighted by atomic mass is 9.73. The maximum Gasteiger partial charge on any atom is 0.239 e. The highest BCUT2D eigenvalue weighted by molar-refractivity contribution is 6.02. The first-order valence-electron chi connectivity index (χ1n) is 15.3. The highest BCUT2D eigenvalue weighted by atomic mass is 19.1. The minimum Gasteiger partial charge on any atom is -0.496 e. The highest BCUT2D eigenvalue weighted by Crippen LogP contribution is 2.51. The molecule has 0 saturated carbocycles. The lowest BCUT2D eigenvalue weighted by molar-refractivity contribution is -0.120. The number of hydrogen-bond acceptors (Lipinski definition) is 7. The fraction of sp³-hybridized carbons (Fsp3) is 0.333. The van der Waals surface area contributed by atoms with E-state index in [4.69, 9.17) is 14.2 Å². The third-order valence-electron chi connectivity index (χ3n) is 8.79. The molecule has 9 nitrogen and oxygen atoms in total. The number of Topliss-reactive ketones (excluding diaryl/α,β-unsaturated/α-hetero) is 1. The van der Waals surface area contributed by atoms with Gasteiger partial charge in [-0.3, -0.25) is 9.59 Å². The predicted octanol–water partition coefficient (Wildman–Crippen LogP) is 6.31. The Labute approximate surface area is 267 Å². The summed E-state index contributed by atoms with van der Waals surface area (Å²) in [5.41, 5.74) is 5.17. The van der Waals surface area contributed by atoms with Crippen molar-refractivity contribution in [2.75, 3.05) is 44.6 Å². The molecule has 1 aliphatic heterocycles. The van der Waals surface area contributed by atoms with Crippen LogP contribution in [0.4, 0.5) is 15.8 Å². The molecule has 1 aromatic heterocycles. The van der Waals surface area contributed by atoms with E-state index < -0.39 is 6.04 Å². The first-order valence-corrected chi connectivity index (χ1v) is 15.3. The number of methoxy groups -OCH3 is 3. The molecule has 1 unspecified atom stereocenters.